The second-order valence-corrected chi connectivity index (χ2v) is 17.5. The van der Waals surface area contributed by atoms with Crippen LogP contribution in [0.25, 0.3) is 0 Å². The topological polar surface area (TPSA) is 95.9 Å². The number of hydrogen-bond acceptors (Lipinski definition) is 5. The monoisotopic (exact) mass is 854 g/mol. The normalized spacial score (nSPS) is 13.7. The first-order valence-corrected chi connectivity index (χ1v) is 26.0. The van der Waals surface area contributed by atoms with E-state index in [1.807, 2.05) is 6.08 Å². The highest BCUT2D eigenvalue weighted by Gasteiger charge is 2.24. The van der Waals surface area contributed by atoms with E-state index >= 15 is 0 Å². The van der Waals surface area contributed by atoms with Crippen molar-refractivity contribution in [2.24, 2.45) is 0 Å². The number of esters is 1. The van der Waals surface area contributed by atoms with Gasteiger partial charge in [-0.3, -0.25) is 9.59 Å². The molecule has 0 aromatic heterocycles. The molecule has 0 heterocycles. The van der Waals surface area contributed by atoms with Crippen molar-refractivity contribution in [2.75, 3.05) is 6.61 Å². The number of carbonyl (C=O) groups excluding carboxylic acids is 2. The van der Waals surface area contributed by atoms with Crippen molar-refractivity contribution in [1.29, 1.82) is 0 Å². The minimum Gasteiger partial charge on any atom is -0.462 e. The molecule has 0 saturated heterocycles. The number of amides is 1. The van der Waals surface area contributed by atoms with Crippen LogP contribution in [-0.2, 0) is 14.3 Å². The number of hydrogen-bond donors (Lipinski definition) is 3. The van der Waals surface area contributed by atoms with Gasteiger partial charge in [-0.1, -0.05) is 242 Å². The van der Waals surface area contributed by atoms with Crippen LogP contribution in [0.5, 0.6) is 0 Å². The molecular weight excluding hydrogens is 755 g/mol. The van der Waals surface area contributed by atoms with Crippen LogP contribution in [0.1, 0.15) is 252 Å². The first kappa shape index (κ1) is 58.6. The molecule has 3 unspecified atom stereocenters. The summed E-state index contributed by atoms with van der Waals surface area (Å²) in [6.45, 7) is 6.35. The molecule has 354 valence electrons. The Balaban J connectivity index is 4.68. The molecule has 3 N–H and O–H groups in total. The molecule has 0 aromatic rings. The van der Waals surface area contributed by atoms with E-state index in [-0.39, 0.29) is 31.3 Å². The molecule has 6 heteroatoms. The summed E-state index contributed by atoms with van der Waals surface area (Å²) in [5, 5.41) is 23.7. The number of allylic oxidation sites excluding steroid dienone is 10. The highest BCUT2D eigenvalue weighted by atomic mass is 16.5. The van der Waals surface area contributed by atoms with E-state index in [4.69, 9.17) is 4.74 Å². The Morgan fingerprint density at radius 2 is 0.852 bits per heavy atom. The highest BCUT2D eigenvalue weighted by Crippen LogP contribution is 2.18. The minimum absolute atomic E-state index is 0.0492. The second kappa shape index (κ2) is 48.6. The maximum Gasteiger partial charge on any atom is 0.306 e. The fraction of sp³-hybridized carbons (Fsp3) is 0.782. The van der Waals surface area contributed by atoms with Crippen LogP contribution >= 0.6 is 0 Å². The van der Waals surface area contributed by atoms with Gasteiger partial charge < -0.3 is 20.3 Å². The smallest absolute Gasteiger partial charge is 0.306 e. The lowest BCUT2D eigenvalue weighted by Gasteiger charge is -2.24. The molecule has 61 heavy (non-hydrogen) atoms. The Morgan fingerprint density at radius 1 is 0.492 bits per heavy atom. The number of aliphatic hydroxyl groups excluding tert-OH is 2. The summed E-state index contributed by atoms with van der Waals surface area (Å²) in [6, 6.07) is -0.715. The zero-order chi connectivity index (χ0) is 44.5. The Bertz CT molecular complexity index is 1090. The van der Waals surface area contributed by atoms with Gasteiger partial charge in [0.15, 0.2) is 0 Å². The molecular formula is C55H99NO5. The lowest BCUT2D eigenvalue weighted by atomic mass is 10.0. The molecule has 1 amide bonds. The summed E-state index contributed by atoms with van der Waals surface area (Å²) in [7, 11) is 0. The van der Waals surface area contributed by atoms with Crippen LogP contribution < -0.4 is 5.32 Å². The van der Waals surface area contributed by atoms with Gasteiger partial charge in [0.2, 0.25) is 5.91 Å². The highest BCUT2D eigenvalue weighted by molar-refractivity contribution is 5.77. The van der Waals surface area contributed by atoms with Gasteiger partial charge in [0, 0.05) is 6.42 Å². The Kier molecular flexibility index (Phi) is 46.6. The van der Waals surface area contributed by atoms with Crippen LogP contribution in [0.3, 0.4) is 0 Å². The quantitative estimate of drug-likeness (QED) is 0.0322. The number of aliphatic hydroxyl groups is 2. The van der Waals surface area contributed by atoms with Gasteiger partial charge in [0.1, 0.15) is 6.10 Å². The molecule has 0 aliphatic heterocycles. The average Bonchev–Trinajstić information content (AvgIpc) is 3.25. The fourth-order valence-corrected chi connectivity index (χ4v) is 7.72. The van der Waals surface area contributed by atoms with E-state index in [0.29, 0.717) is 19.3 Å². The molecule has 0 radical (unpaired) electrons. The van der Waals surface area contributed by atoms with E-state index in [0.717, 1.165) is 70.6 Å². The van der Waals surface area contributed by atoms with Crippen molar-refractivity contribution >= 4 is 11.9 Å². The second-order valence-electron chi connectivity index (χ2n) is 17.5. The SMILES string of the molecule is CC/C=C/C/C=C/C/C=C/C/C=C/C/C=C/CCC(=O)OC(CCCCCCCCCCCCCCCCCC)CC(=O)NC(CO)C(O)CCCCCCCCCCCC. The van der Waals surface area contributed by atoms with E-state index in [1.54, 1.807) is 0 Å². The molecule has 0 bridgehead atoms. The Morgan fingerprint density at radius 3 is 1.25 bits per heavy atom. The molecule has 0 fully saturated rings. The van der Waals surface area contributed by atoms with Crippen LogP contribution in [0.4, 0.5) is 0 Å². The predicted octanol–water partition coefficient (Wildman–Crippen LogP) is 15.6. The largest absolute Gasteiger partial charge is 0.462 e. The summed E-state index contributed by atoms with van der Waals surface area (Å²) in [5.74, 6) is -0.567. The fourth-order valence-electron chi connectivity index (χ4n) is 7.72. The Labute approximate surface area is 378 Å². The lowest BCUT2D eigenvalue weighted by Crippen LogP contribution is -2.46. The number of unbranched alkanes of at least 4 members (excludes halogenated alkanes) is 24. The van der Waals surface area contributed by atoms with Gasteiger partial charge in [-0.25, -0.2) is 0 Å². The lowest BCUT2D eigenvalue weighted by molar-refractivity contribution is -0.150. The van der Waals surface area contributed by atoms with Gasteiger partial charge in [-0.15, -0.1) is 0 Å². The number of nitrogens with one attached hydrogen (secondary N) is 1. The van der Waals surface area contributed by atoms with Crippen molar-refractivity contribution in [3.8, 4) is 0 Å². The van der Waals surface area contributed by atoms with Crippen molar-refractivity contribution in [3.63, 3.8) is 0 Å². The summed E-state index contributed by atoms with van der Waals surface area (Å²) in [6.07, 6.45) is 60.1. The van der Waals surface area contributed by atoms with Crippen molar-refractivity contribution in [1.82, 2.24) is 5.32 Å². The van der Waals surface area contributed by atoms with E-state index < -0.39 is 18.2 Å². The zero-order valence-electron chi connectivity index (χ0n) is 40.3. The van der Waals surface area contributed by atoms with Crippen molar-refractivity contribution < 1.29 is 24.5 Å². The summed E-state index contributed by atoms with van der Waals surface area (Å²) in [5.41, 5.74) is 0. The van der Waals surface area contributed by atoms with Crippen LogP contribution in [0.2, 0.25) is 0 Å². The van der Waals surface area contributed by atoms with Crippen LogP contribution in [0.15, 0.2) is 60.8 Å². The van der Waals surface area contributed by atoms with Gasteiger partial charge >= 0.3 is 5.97 Å². The maximum atomic E-state index is 13.2. The maximum absolute atomic E-state index is 13.2. The van der Waals surface area contributed by atoms with Crippen LogP contribution in [0, 0.1) is 0 Å². The predicted molar refractivity (Wildman–Crippen MR) is 264 cm³/mol. The van der Waals surface area contributed by atoms with Crippen LogP contribution in [-0.4, -0.2) is 46.9 Å². The molecule has 0 aromatic carbocycles. The average molecular weight is 854 g/mol. The number of ether oxygens (including phenoxy) is 1. The standard InChI is InChI=1S/C55H99NO5/c1-4-7-10-13-16-19-22-24-26-28-30-32-34-37-40-43-46-51(49-54(59)56-52(50-57)53(58)47-44-41-38-35-21-18-15-12-9-6-3)61-55(60)48-45-42-39-36-33-31-29-27-25-23-20-17-14-11-8-5-2/h8,11,17,20,25,27,31,33,39,42,51-53,57-58H,4-7,9-10,12-16,18-19,21-24,26,28-30,32,34-38,40-41,43-50H2,1-3H3,(H,56,59)/b11-8+,20-17+,27-25+,33-31+,42-39+. The Hall–Kier alpha value is -2.44. The molecule has 0 saturated carbocycles. The third kappa shape index (κ3) is 44.0. The summed E-state index contributed by atoms with van der Waals surface area (Å²) < 4.78 is 5.90. The first-order chi connectivity index (χ1) is 30.0. The van der Waals surface area contributed by atoms with E-state index in [9.17, 15) is 19.8 Å². The minimum atomic E-state index is -0.798. The van der Waals surface area contributed by atoms with E-state index in [1.165, 1.54) is 128 Å². The summed E-state index contributed by atoms with van der Waals surface area (Å²) in [4.78, 5) is 26.1. The summed E-state index contributed by atoms with van der Waals surface area (Å²) >= 11 is 0. The molecule has 0 aliphatic rings. The van der Waals surface area contributed by atoms with Crippen molar-refractivity contribution in [2.45, 2.75) is 270 Å². The van der Waals surface area contributed by atoms with Gasteiger partial charge in [-0.05, 0) is 57.8 Å². The van der Waals surface area contributed by atoms with Gasteiger partial charge in [-0.2, -0.15) is 0 Å². The third-order valence-corrected chi connectivity index (χ3v) is 11.6. The zero-order valence-corrected chi connectivity index (χ0v) is 40.3. The number of rotatable bonds is 46. The van der Waals surface area contributed by atoms with Gasteiger partial charge in [0.05, 0.1) is 25.2 Å². The van der Waals surface area contributed by atoms with E-state index in [2.05, 4.69) is 80.8 Å². The molecule has 3 atom stereocenters. The third-order valence-electron chi connectivity index (χ3n) is 11.6. The van der Waals surface area contributed by atoms with Crippen molar-refractivity contribution in [3.05, 3.63) is 60.8 Å². The molecule has 0 aliphatic carbocycles. The first-order valence-electron chi connectivity index (χ1n) is 26.0. The molecule has 0 spiro atoms. The van der Waals surface area contributed by atoms with Gasteiger partial charge in [0.25, 0.3) is 0 Å². The molecule has 6 nitrogen and oxygen atoms in total. The molecule has 0 rings (SSSR count). The number of carbonyl (C=O) groups is 2.